The minimum absolute atomic E-state index is 0.139. The molecule has 5 nitrogen and oxygen atoms in total. The summed E-state index contributed by atoms with van der Waals surface area (Å²) in [7, 11) is -1.55. The Bertz CT molecular complexity index is 584. The molecule has 0 saturated carbocycles. The SMILES string of the molecule is OB(O)c1ccc(OCCn2ccc(C(F)(F)F)n2)cc1. The first-order valence-electron chi connectivity index (χ1n) is 6.06. The predicted octanol–water partition coefficient (Wildman–Crippen LogP) is 0.661. The molecule has 1 aromatic heterocycles. The lowest BCUT2D eigenvalue weighted by Gasteiger charge is -2.07. The van der Waals surface area contributed by atoms with E-state index in [1.165, 1.54) is 18.3 Å². The molecule has 2 N–H and O–H groups in total. The van der Waals surface area contributed by atoms with Crippen LogP contribution in [0.25, 0.3) is 0 Å². The smallest absolute Gasteiger partial charge is 0.488 e. The lowest BCUT2D eigenvalue weighted by Crippen LogP contribution is -2.29. The number of halogens is 3. The van der Waals surface area contributed by atoms with Crippen LogP contribution in [-0.2, 0) is 12.7 Å². The van der Waals surface area contributed by atoms with Gasteiger partial charge in [-0.15, -0.1) is 0 Å². The number of hydrogen-bond acceptors (Lipinski definition) is 4. The average molecular weight is 300 g/mol. The van der Waals surface area contributed by atoms with Gasteiger partial charge in [0.2, 0.25) is 0 Å². The number of alkyl halides is 3. The number of hydrogen-bond donors (Lipinski definition) is 2. The van der Waals surface area contributed by atoms with Crippen LogP contribution < -0.4 is 10.2 Å². The van der Waals surface area contributed by atoms with Crippen molar-refractivity contribution in [3.8, 4) is 5.75 Å². The first-order valence-corrected chi connectivity index (χ1v) is 6.06. The second-order valence-electron chi connectivity index (χ2n) is 4.25. The molecule has 0 aliphatic carbocycles. The Balaban J connectivity index is 1.85. The van der Waals surface area contributed by atoms with Gasteiger partial charge in [-0.25, -0.2) is 0 Å². The van der Waals surface area contributed by atoms with Crippen LogP contribution in [0.2, 0.25) is 0 Å². The lowest BCUT2D eigenvalue weighted by atomic mass is 9.80. The summed E-state index contributed by atoms with van der Waals surface area (Å²) in [5.41, 5.74) is -0.618. The van der Waals surface area contributed by atoms with Crippen molar-refractivity contribution in [2.24, 2.45) is 0 Å². The molecule has 1 aromatic carbocycles. The highest BCUT2D eigenvalue weighted by Gasteiger charge is 2.33. The van der Waals surface area contributed by atoms with Crippen molar-refractivity contribution in [1.82, 2.24) is 9.78 Å². The van der Waals surface area contributed by atoms with Gasteiger partial charge in [0.1, 0.15) is 12.4 Å². The Hall–Kier alpha value is -2.00. The van der Waals surface area contributed by atoms with Gasteiger partial charge in [0.25, 0.3) is 0 Å². The van der Waals surface area contributed by atoms with Gasteiger partial charge in [0, 0.05) is 6.20 Å². The van der Waals surface area contributed by atoms with Gasteiger partial charge in [0.15, 0.2) is 5.69 Å². The first kappa shape index (κ1) is 15.4. The van der Waals surface area contributed by atoms with Gasteiger partial charge in [-0.1, -0.05) is 12.1 Å². The number of benzene rings is 1. The molecule has 0 fully saturated rings. The first-order chi connectivity index (χ1) is 9.86. The van der Waals surface area contributed by atoms with E-state index >= 15 is 0 Å². The third-order valence-corrected chi connectivity index (χ3v) is 2.70. The molecule has 0 aliphatic heterocycles. The van der Waals surface area contributed by atoms with Crippen LogP contribution in [0.5, 0.6) is 5.75 Å². The third-order valence-electron chi connectivity index (χ3n) is 2.70. The number of aromatic nitrogens is 2. The molecule has 0 spiro atoms. The van der Waals surface area contributed by atoms with Crippen molar-refractivity contribution in [2.75, 3.05) is 6.61 Å². The molecular formula is C12H12BF3N2O3. The van der Waals surface area contributed by atoms with E-state index in [1.807, 2.05) is 0 Å². The monoisotopic (exact) mass is 300 g/mol. The summed E-state index contributed by atoms with van der Waals surface area (Å²) in [6, 6.07) is 6.95. The van der Waals surface area contributed by atoms with Crippen LogP contribution in [0, 0.1) is 0 Å². The molecule has 2 aromatic rings. The summed E-state index contributed by atoms with van der Waals surface area (Å²) < 4.78 is 43.5. The molecule has 21 heavy (non-hydrogen) atoms. The molecule has 1 heterocycles. The molecule has 9 heteroatoms. The van der Waals surface area contributed by atoms with E-state index in [2.05, 4.69) is 5.10 Å². The summed E-state index contributed by atoms with van der Waals surface area (Å²) in [5.74, 6) is 0.475. The van der Waals surface area contributed by atoms with Crippen molar-refractivity contribution >= 4 is 12.6 Å². The lowest BCUT2D eigenvalue weighted by molar-refractivity contribution is -0.141. The van der Waals surface area contributed by atoms with Crippen molar-refractivity contribution in [1.29, 1.82) is 0 Å². The average Bonchev–Trinajstić information content (AvgIpc) is 2.88. The summed E-state index contributed by atoms with van der Waals surface area (Å²) in [6.07, 6.45) is -3.22. The highest BCUT2D eigenvalue weighted by molar-refractivity contribution is 6.58. The fraction of sp³-hybridized carbons (Fsp3) is 0.250. The molecule has 2 rings (SSSR count). The largest absolute Gasteiger partial charge is 0.492 e. The summed E-state index contributed by atoms with van der Waals surface area (Å²) >= 11 is 0. The van der Waals surface area contributed by atoms with Crippen LogP contribution in [0.4, 0.5) is 13.2 Å². The van der Waals surface area contributed by atoms with Crippen LogP contribution in [0.3, 0.4) is 0 Å². The maximum absolute atomic E-state index is 12.3. The number of ether oxygens (including phenoxy) is 1. The summed E-state index contributed by atoms with van der Waals surface area (Å²) in [5, 5.41) is 21.2. The highest BCUT2D eigenvalue weighted by atomic mass is 19.4. The highest BCUT2D eigenvalue weighted by Crippen LogP contribution is 2.27. The van der Waals surface area contributed by atoms with E-state index in [9.17, 15) is 13.2 Å². The Kier molecular flexibility index (Phi) is 4.54. The molecule has 112 valence electrons. The van der Waals surface area contributed by atoms with Gasteiger partial charge in [-0.05, 0) is 23.7 Å². The van der Waals surface area contributed by atoms with Crippen molar-refractivity contribution in [3.05, 3.63) is 42.2 Å². The van der Waals surface area contributed by atoms with E-state index in [4.69, 9.17) is 14.8 Å². The van der Waals surface area contributed by atoms with E-state index < -0.39 is 19.0 Å². The van der Waals surface area contributed by atoms with Crippen LogP contribution >= 0.6 is 0 Å². The van der Waals surface area contributed by atoms with E-state index in [0.29, 0.717) is 11.2 Å². The maximum Gasteiger partial charge on any atom is 0.488 e. The third kappa shape index (κ3) is 4.23. The van der Waals surface area contributed by atoms with Gasteiger partial charge in [0.05, 0.1) is 6.54 Å². The number of nitrogens with zero attached hydrogens (tertiary/aromatic N) is 2. The zero-order valence-corrected chi connectivity index (χ0v) is 10.8. The van der Waals surface area contributed by atoms with Crippen molar-refractivity contribution in [3.63, 3.8) is 0 Å². The molecule has 0 amide bonds. The van der Waals surface area contributed by atoms with Crippen molar-refractivity contribution in [2.45, 2.75) is 12.7 Å². The van der Waals surface area contributed by atoms with Crippen molar-refractivity contribution < 1.29 is 28.0 Å². The topological polar surface area (TPSA) is 67.5 Å². The van der Waals surface area contributed by atoms with Gasteiger partial charge in [-0.3, -0.25) is 4.68 Å². The summed E-state index contributed by atoms with van der Waals surface area (Å²) in [6.45, 7) is 0.306. The normalized spacial score (nSPS) is 11.5. The zero-order chi connectivity index (χ0) is 15.5. The molecule has 0 atom stereocenters. The molecule has 0 radical (unpaired) electrons. The van der Waals surface area contributed by atoms with E-state index in [-0.39, 0.29) is 13.2 Å². The zero-order valence-electron chi connectivity index (χ0n) is 10.8. The maximum atomic E-state index is 12.3. The standard InChI is InChI=1S/C12H12BF3N2O3/c14-12(15,16)11-5-6-18(17-11)7-8-21-10-3-1-9(2-4-10)13(19)20/h1-6,19-20H,7-8H2. The Morgan fingerprint density at radius 3 is 2.33 bits per heavy atom. The molecule has 0 saturated heterocycles. The Morgan fingerprint density at radius 2 is 1.81 bits per heavy atom. The Morgan fingerprint density at radius 1 is 1.14 bits per heavy atom. The van der Waals surface area contributed by atoms with Gasteiger partial charge < -0.3 is 14.8 Å². The van der Waals surface area contributed by atoms with E-state index in [1.54, 1.807) is 12.1 Å². The fourth-order valence-electron chi connectivity index (χ4n) is 1.63. The fourth-order valence-corrected chi connectivity index (χ4v) is 1.63. The Labute approximate surface area is 118 Å². The number of rotatable bonds is 5. The molecule has 0 unspecified atom stereocenters. The molecule has 0 aliphatic rings. The predicted molar refractivity (Wildman–Crippen MR) is 69.0 cm³/mol. The summed E-state index contributed by atoms with van der Waals surface area (Å²) in [4.78, 5) is 0. The molecule has 0 bridgehead atoms. The van der Waals surface area contributed by atoms with Crippen LogP contribution in [-0.4, -0.2) is 33.6 Å². The van der Waals surface area contributed by atoms with Crippen LogP contribution in [0.1, 0.15) is 5.69 Å². The quantitative estimate of drug-likeness (QED) is 0.796. The van der Waals surface area contributed by atoms with Gasteiger partial charge in [-0.2, -0.15) is 18.3 Å². The second-order valence-corrected chi connectivity index (χ2v) is 4.25. The minimum Gasteiger partial charge on any atom is -0.492 e. The van der Waals surface area contributed by atoms with Crippen LogP contribution in [0.15, 0.2) is 36.5 Å². The van der Waals surface area contributed by atoms with E-state index in [0.717, 1.165) is 10.7 Å². The van der Waals surface area contributed by atoms with Gasteiger partial charge >= 0.3 is 13.3 Å². The molecular weight excluding hydrogens is 288 g/mol. The second kappa shape index (κ2) is 6.19. The minimum atomic E-state index is -4.45.